The van der Waals surface area contributed by atoms with Crippen molar-refractivity contribution in [2.24, 2.45) is 0 Å². The minimum absolute atomic E-state index is 0.156. The lowest BCUT2D eigenvalue weighted by Crippen LogP contribution is -2.43. The summed E-state index contributed by atoms with van der Waals surface area (Å²) in [5.41, 5.74) is 2.24. The van der Waals surface area contributed by atoms with Crippen LogP contribution in [0.5, 0.6) is 0 Å². The minimum Gasteiger partial charge on any atom is -0.373 e. The van der Waals surface area contributed by atoms with E-state index in [4.69, 9.17) is 0 Å². The van der Waals surface area contributed by atoms with Crippen molar-refractivity contribution in [2.45, 2.75) is 18.4 Å². The molecule has 5 nitrogen and oxygen atoms in total. The standard InChI is InChI=1S/C21H23N3O2S/c1-18-7-9-20(10-8-18)27(25,26)21(15-22)17-24-13-11-23(12-14-24)16-19-5-3-2-4-6-19/h2-10,17H,11-14,16H2,1H3. The molecule has 1 aliphatic heterocycles. The molecule has 0 spiro atoms. The Morgan fingerprint density at radius 2 is 1.67 bits per heavy atom. The molecule has 140 valence electrons. The molecule has 1 aliphatic rings. The molecule has 1 heterocycles. The average molecular weight is 382 g/mol. The van der Waals surface area contributed by atoms with Gasteiger partial charge in [-0.05, 0) is 24.6 Å². The Balaban J connectivity index is 1.67. The molecule has 0 unspecified atom stereocenters. The fraction of sp³-hybridized carbons (Fsp3) is 0.286. The summed E-state index contributed by atoms with van der Waals surface area (Å²) in [4.78, 5) is 4.21. The third-order valence-corrected chi connectivity index (χ3v) is 6.36. The van der Waals surface area contributed by atoms with Crippen molar-refractivity contribution in [3.05, 3.63) is 76.8 Å². The fourth-order valence-corrected chi connectivity index (χ4v) is 4.22. The normalized spacial score (nSPS) is 16.1. The quantitative estimate of drug-likeness (QED) is 0.745. The summed E-state index contributed by atoms with van der Waals surface area (Å²) in [6.45, 7) is 5.82. The van der Waals surface area contributed by atoms with E-state index >= 15 is 0 Å². The van der Waals surface area contributed by atoms with Gasteiger partial charge in [0.05, 0.1) is 4.90 Å². The Morgan fingerprint density at radius 1 is 1.04 bits per heavy atom. The number of hydrogen-bond donors (Lipinski definition) is 0. The van der Waals surface area contributed by atoms with Crippen LogP contribution in [0.2, 0.25) is 0 Å². The minimum atomic E-state index is -3.78. The first kappa shape index (κ1) is 19.2. The highest BCUT2D eigenvalue weighted by Crippen LogP contribution is 2.20. The van der Waals surface area contributed by atoms with Crippen LogP contribution in [-0.2, 0) is 16.4 Å². The van der Waals surface area contributed by atoms with Crippen LogP contribution in [0.4, 0.5) is 0 Å². The van der Waals surface area contributed by atoms with Crippen LogP contribution in [0.1, 0.15) is 11.1 Å². The molecule has 0 radical (unpaired) electrons. The predicted octanol–water partition coefficient (Wildman–Crippen LogP) is 2.95. The Hall–Kier alpha value is -2.62. The molecule has 3 rings (SSSR count). The first-order valence-electron chi connectivity index (χ1n) is 8.93. The van der Waals surface area contributed by atoms with Crippen molar-refractivity contribution in [3.8, 4) is 6.07 Å². The lowest BCUT2D eigenvalue weighted by atomic mass is 10.2. The zero-order valence-corrected chi connectivity index (χ0v) is 16.2. The van der Waals surface area contributed by atoms with Crippen LogP contribution in [-0.4, -0.2) is 44.4 Å². The number of nitriles is 1. The molecule has 6 heteroatoms. The van der Waals surface area contributed by atoms with Crippen molar-refractivity contribution in [1.29, 1.82) is 5.26 Å². The zero-order valence-electron chi connectivity index (χ0n) is 15.4. The second kappa shape index (κ2) is 8.38. The first-order valence-corrected chi connectivity index (χ1v) is 10.4. The summed E-state index contributed by atoms with van der Waals surface area (Å²) in [6, 6.07) is 18.7. The van der Waals surface area contributed by atoms with E-state index in [-0.39, 0.29) is 9.80 Å². The number of sulfone groups is 1. The van der Waals surface area contributed by atoms with Crippen LogP contribution in [0, 0.1) is 18.3 Å². The Bertz CT molecular complexity index is 937. The molecule has 0 aliphatic carbocycles. The highest BCUT2D eigenvalue weighted by Gasteiger charge is 2.23. The highest BCUT2D eigenvalue weighted by atomic mass is 32.2. The predicted molar refractivity (Wildman–Crippen MR) is 105 cm³/mol. The van der Waals surface area contributed by atoms with E-state index in [0.717, 1.165) is 25.2 Å². The number of benzene rings is 2. The summed E-state index contributed by atoms with van der Waals surface area (Å²) in [5, 5.41) is 9.42. The third-order valence-electron chi connectivity index (χ3n) is 4.69. The van der Waals surface area contributed by atoms with Gasteiger partial charge in [0.25, 0.3) is 0 Å². The summed E-state index contributed by atoms with van der Waals surface area (Å²) < 4.78 is 25.5. The maximum Gasteiger partial charge on any atom is 0.218 e. The third kappa shape index (κ3) is 4.76. The van der Waals surface area contributed by atoms with Crippen LogP contribution in [0.25, 0.3) is 0 Å². The molecule has 1 fully saturated rings. The van der Waals surface area contributed by atoms with E-state index in [1.807, 2.05) is 36.1 Å². The number of aryl methyl sites for hydroxylation is 1. The molecule has 27 heavy (non-hydrogen) atoms. The van der Waals surface area contributed by atoms with E-state index in [0.29, 0.717) is 13.1 Å². The SMILES string of the molecule is Cc1ccc(S(=O)(=O)C(C#N)=CN2CCN(Cc3ccccc3)CC2)cc1. The Labute approximate surface area is 161 Å². The van der Waals surface area contributed by atoms with Gasteiger partial charge in [-0.15, -0.1) is 0 Å². The summed E-state index contributed by atoms with van der Waals surface area (Å²) in [5.74, 6) is 0. The van der Waals surface area contributed by atoms with Gasteiger partial charge in [0.2, 0.25) is 9.84 Å². The van der Waals surface area contributed by atoms with Crippen LogP contribution in [0.15, 0.2) is 70.6 Å². The molecule has 0 bridgehead atoms. The zero-order chi connectivity index (χ0) is 19.3. The smallest absolute Gasteiger partial charge is 0.218 e. The molecule has 0 aromatic heterocycles. The van der Waals surface area contributed by atoms with Gasteiger partial charge < -0.3 is 4.90 Å². The largest absolute Gasteiger partial charge is 0.373 e. The molecule has 0 saturated carbocycles. The van der Waals surface area contributed by atoms with Gasteiger partial charge in [0, 0.05) is 38.9 Å². The van der Waals surface area contributed by atoms with Crippen molar-refractivity contribution < 1.29 is 8.42 Å². The summed E-state index contributed by atoms with van der Waals surface area (Å²) in [7, 11) is -3.78. The number of rotatable bonds is 5. The number of nitrogens with zero attached hydrogens (tertiary/aromatic N) is 3. The van der Waals surface area contributed by atoms with Crippen molar-refractivity contribution in [2.75, 3.05) is 26.2 Å². The maximum atomic E-state index is 12.7. The molecular weight excluding hydrogens is 358 g/mol. The lowest BCUT2D eigenvalue weighted by molar-refractivity contribution is 0.162. The number of hydrogen-bond acceptors (Lipinski definition) is 5. The molecule has 1 saturated heterocycles. The monoisotopic (exact) mass is 381 g/mol. The first-order chi connectivity index (χ1) is 13.0. The molecule has 0 amide bonds. The molecular formula is C21H23N3O2S. The van der Waals surface area contributed by atoms with Gasteiger partial charge in [-0.2, -0.15) is 5.26 Å². The number of allylic oxidation sites excluding steroid dienone is 1. The van der Waals surface area contributed by atoms with E-state index in [2.05, 4.69) is 17.0 Å². The molecule has 2 aromatic rings. The van der Waals surface area contributed by atoms with E-state index in [1.54, 1.807) is 24.3 Å². The highest BCUT2D eigenvalue weighted by molar-refractivity contribution is 7.95. The van der Waals surface area contributed by atoms with Crippen LogP contribution >= 0.6 is 0 Å². The van der Waals surface area contributed by atoms with E-state index < -0.39 is 9.84 Å². The lowest BCUT2D eigenvalue weighted by Gasteiger charge is -2.34. The van der Waals surface area contributed by atoms with Crippen molar-refractivity contribution >= 4 is 9.84 Å². The molecule has 2 aromatic carbocycles. The molecule has 0 atom stereocenters. The Kier molecular flexibility index (Phi) is 5.94. The second-order valence-electron chi connectivity index (χ2n) is 6.72. The van der Waals surface area contributed by atoms with E-state index in [1.165, 1.54) is 11.8 Å². The summed E-state index contributed by atoms with van der Waals surface area (Å²) >= 11 is 0. The van der Waals surface area contributed by atoms with Gasteiger partial charge in [-0.1, -0.05) is 48.0 Å². The topological polar surface area (TPSA) is 64.4 Å². The van der Waals surface area contributed by atoms with Crippen LogP contribution < -0.4 is 0 Å². The number of piperazine rings is 1. The Morgan fingerprint density at radius 3 is 2.26 bits per heavy atom. The van der Waals surface area contributed by atoms with E-state index in [9.17, 15) is 13.7 Å². The van der Waals surface area contributed by atoms with Gasteiger partial charge in [-0.25, -0.2) is 8.42 Å². The van der Waals surface area contributed by atoms with Crippen LogP contribution in [0.3, 0.4) is 0 Å². The average Bonchev–Trinajstić information content (AvgIpc) is 2.68. The van der Waals surface area contributed by atoms with Crippen molar-refractivity contribution in [1.82, 2.24) is 9.80 Å². The van der Waals surface area contributed by atoms with Gasteiger partial charge >= 0.3 is 0 Å². The van der Waals surface area contributed by atoms with Crippen molar-refractivity contribution in [3.63, 3.8) is 0 Å². The van der Waals surface area contributed by atoms with Gasteiger partial charge in [0.1, 0.15) is 6.07 Å². The summed E-state index contributed by atoms with van der Waals surface area (Å²) in [6.07, 6.45) is 1.50. The van der Waals surface area contributed by atoms with Gasteiger partial charge in [0.15, 0.2) is 4.91 Å². The maximum absolute atomic E-state index is 12.7. The fourth-order valence-electron chi connectivity index (χ4n) is 3.06. The van der Waals surface area contributed by atoms with Gasteiger partial charge in [-0.3, -0.25) is 4.90 Å². The molecule has 0 N–H and O–H groups in total. The second-order valence-corrected chi connectivity index (χ2v) is 8.64.